The van der Waals surface area contributed by atoms with Gasteiger partial charge >= 0.3 is 5.69 Å². The van der Waals surface area contributed by atoms with Crippen molar-refractivity contribution in [1.29, 1.82) is 0 Å². The molecular weight excluding hydrogens is 238 g/mol. The predicted octanol–water partition coefficient (Wildman–Crippen LogP) is 2.34. The number of rotatable bonds is 1. The van der Waals surface area contributed by atoms with Crippen LogP contribution in [0.25, 0.3) is 16.8 Å². The molecule has 0 fully saturated rings. The Hall–Kier alpha value is -2.07. The van der Waals surface area contributed by atoms with Gasteiger partial charge in [-0.15, -0.1) is 0 Å². The average molecular weight is 246 g/mol. The summed E-state index contributed by atoms with van der Waals surface area (Å²) in [4.78, 5) is 11.4. The molecule has 0 aliphatic carbocycles. The summed E-state index contributed by atoms with van der Waals surface area (Å²) in [6.07, 6.45) is 1.75. The molecule has 0 aliphatic rings. The lowest BCUT2D eigenvalue weighted by atomic mass is 10.1. The van der Waals surface area contributed by atoms with Crippen LogP contribution in [-0.4, -0.2) is 14.6 Å². The maximum atomic E-state index is 11.4. The molecule has 0 saturated carbocycles. The highest BCUT2D eigenvalue weighted by atomic mass is 35.5. The van der Waals surface area contributed by atoms with Crippen LogP contribution in [0.3, 0.4) is 0 Å². The van der Waals surface area contributed by atoms with E-state index in [1.165, 1.54) is 4.40 Å². The largest absolute Gasteiger partial charge is 0.347 e. The Morgan fingerprint density at radius 1 is 1.06 bits per heavy atom. The molecular formula is C12H8ClN3O. The molecule has 3 rings (SSSR count). The van der Waals surface area contributed by atoms with Crippen molar-refractivity contribution in [3.05, 3.63) is 58.1 Å². The summed E-state index contributed by atoms with van der Waals surface area (Å²) >= 11 is 5.83. The highest BCUT2D eigenvalue weighted by Gasteiger charge is 2.02. The van der Waals surface area contributed by atoms with E-state index in [0.29, 0.717) is 10.7 Å². The van der Waals surface area contributed by atoms with E-state index in [9.17, 15) is 4.79 Å². The molecule has 84 valence electrons. The van der Waals surface area contributed by atoms with Crippen molar-refractivity contribution in [2.24, 2.45) is 0 Å². The van der Waals surface area contributed by atoms with Crippen LogP contribution in [0.1, 0.15) is 0 Å². The van der Waals surface area contributed by atoms with Crippen molar-refractivity contribution in [3.8, 4) is 11.1 Å². The Morgan fingerprint density at radius 2 is 1.76 bits per heavy atom. The number of halogens is 1. The zero-order chi connectivity index (χ0) is 11.8. The predicted molar refractivity (Wildman–Crippen MR) is 66.3 cm³/mol. The molecule has 4 nitrogen and oxygen atoms in total. The van der Waals surface area contributed by atoms with Gasteiger partial charge in [0.15, 0.2) is 5.65 Å². The van der Waals surface area contributed by atoms with Crippen LogP contribution < -0.4 is 5.69 Å². The minimum atomic E-state index is -0.240. The molecule has 2 aromatic heterocycles. The Bertz CT molecular complexity index is 727. The van der Waals surface area contributed by atoms with E-state index in [2.05, 4.69) is 10.2 Å². The lowest BCUT2D eigenvalue weighted by Gasteiger charge is -2.01. The van der Waals surface area contributed by atoms with Crippen LogP contribution in [0.15, 0.2) is 47.4 Å². The quantitative estimate of drug-likeness (QED) is 0.715. The van der Waals surface area contributed by atoms with Gasteiger partial charge in [-0.25, -0.2) is 14.3 Å². The van der Waals surface area contributed by atoms with E-state index < -0.39 is 0 Å². The summed E-state index contributed by atoms with van der Waals surface area (Å²) in [5, 5.41) is 6.96. The third kappa shape index (κ3) is 1.72. The molecule has 2 heterocycles. The lowest BCUT2D eigenvalue weighted by molar-refractivity contribution is 1.02. The van der Waals surface area contributed by atoms with Gasteiger partial charge in [0.25, 0.3) is 0 Å². The fourth-order valence-electron chi connectivity index (χ4n) is 1.72. The van der Waals surface area contributed by atoms with Crippen molar-refractivity contribution in [3.63, 3.8) is 0 Å². The summed E-state index contributed by atoms with van der Waals surface area (Å²) in [7, 11) is 0. The summed E-state index contributed by atoms with van der Waals surface area (Å²) in [5.74, 6) is 0. The molecule has 5 heteroatoms. The first kappa shape index (κ1) is 10.1. The molecule has 0 aliphatic heterocycles. The van der Waals surface area contributed by atoms with Gasteiger partial charge in [0.2, 0.25) is 0 Å². The Balaban J connectivity index is 2.20. The smallest absolute Gasteiger partial charge is 0.250 e. The molecule has 0 unspecified atom stereocenters. The van der Waals surface area contributed by atoms with Crippen molar-refractivity contribution < 1.29 is 0 Å². The number of H-pyrrole nitrogens is 1. The van der Waals surface area contributed by atoms with Gasteiger partial charge in [0, 0.05) is 11.2 Å². The summed E-state index contributed by atoms with van der Waals surface area (Å²) < 4.78 is 1.48. The number of pyridine rings is 1. The fraction of sp³-hybridized carbons (Fsp3) is 0. The minimum Gasteiger partial charge on any atom is -0.250 e. The second-order valence-electron chi connectivity index (χ2n) is 3.68. The van der Waals surface area contributed by atoms with Crippen LogP contribution in [0.5, 0.6) is 0 Å². The number of aromatic amines is 1. The molecule has 17 heavy (non-hydrogen) atoms. The van der Waals surface area contributed by atoms with Gasteiger partial charge in [-0.1, -0.05) is 23.7 Å². The summed E-state index contributed by atoms with van der Waals surface area (Å²) in [6.45, 7) is 0. The minimum absolute atomic E-state index is 0.240. The zero-order valence-corrected chi connectivity index (χ0v) is 9.48. The zero-order valence-electron chi connectivity index (χ0n) is 8.72. The first-order chi connectivity index (χ1) is 8.24. The third-order valence-electron chi connectivity index (χ3n) is 2.59. The van der Waals surface area contributed by atoms with Gasteiger partial charge in [-0.2, -0.15) is 5.10 Å². The van der Waals surface area contributed by atoms with Crippen LogP contribution >= 0.6 is 11.6 Å². The normalized spacial score (nSPS) is 10.9. The van der Waals surface area contributed by atoms with Crippen molar-refractivity contribution in [2.75, 3.05) is 0 Å². The molecule has 0 radical (unpaired) electrons. The van der Waals surface area contributed by atoms with E-state index in [1.54, 1.807) is 12.3 Å². The Kier molecular flexibility index (Phi) is 2.23. The van der Waals surface area contributed by atoms with Crippen LogP contribution in [0, 0.1) is 0 Å². The molecule has 0 saturated heterocycles. The van der Waals surface area contributed by atoms with E-state index in [0.717, 1.165) is 11.1 Å². The Morgan fingerprint density at radius 3 is 2.53 bits per heavy atom. The Labute approximate surface area is 101 Å². The van der Waals surface area contributed by atoms with Crippen molar-refractivity contribution >= 4 is 17.2 Å². The van der Waals surface area contributed by atoms with Crippen molar-refractivity contribution in [2.45, 2.75) is 0 Å². The van der Waals surface area contributed by atoms with E-state index in [-0.39, 0.29) is 5.69 Å². The second-order valence-corrected chi connectivity index (χ2v) is 4.12. The standard InChI is InChI=1S/C12H8ClN3O/c13-10-4-1-8(2-5-10)9-3-6-11-14-15-12(17)16(11)7-9/h1-7H,(H,15,17). The number of hydrogen-bond donors (Lipinski definition) is 1. The summed E-state index contributed by atoms with van der Waals surface area (Å²) in [5.41, 5.74) is 2.31. The molecule has 0 atom stereocenters. The monoisotopic (exact) mass is 245 g/mol. The number of fused-ring (bicyclic) bond motifs is 1. The third-order valence-corrected chi connectivity index (χ3v) is 2.84. The highest BCUT2D eigenvalue weighted by molar-refractivity contribution is 6.30. The van der Waals surface area contributed by atoms with Crippen LogP contribution in [0.4, 0.5) is 0 Å². The van der Waals surface area contributed by atoms with Gasteiger partial charge in [0.05, 0.1) is 0 Å². The maximum absolute atomic E-state index is 11.4. The number of nitrogens with zero attached hydrogens (tertiary/aromatic N) is 2. The molecule has 1 N–H and O–H groups in total. The van der Waals surface area contributed by atoms with Gasteiger partial charge in [-0.05, 0) is 35.4 Å². The first-order valence-corrected chi connectivity index (χ1v) is 5.44. The SMILES string of the molecule is O=c1[nH]nc2ccc(-c3ccc(Cl)cc3)cn12. The fourth-order valence-corrected chi connectivity index (χ4v) is 1.84. The van der Waals surface area contributed by atoms with E-state index >= 15 is 0 Å². The molecule has 0 spiro atoms. The maximum Gasteiger partial charge on any atom is 0.347 e. The van der Waals surface area contributed by atoms with Gasteiger partial charge < -0.3 is 0 Å². The molecule has 0 amide bonds. The van der Waals surface area contributed by atoms with Crippen LogP contribution in [0.2, 0.25) is 5.02 Å². The average Bonchev–Trinajstić information content (AvgIpc) is 2.72. The number of benzene rings is 1. The van der Waals surface area contributed by atoms with E-state index in [1.807, 2.05) is 30.3 Å². The topological polar surface area (TPSA) is 50.2 Å². The van der Waals surface area contributed by atoms with Crippen molar-refractivity contribution in [1.82, 2.24) is 14.6 Å². The number of hydrogen-bond acceptors (Lipinski definition) is 2. The molecule has 1 aromatic carbocycles. The number of nitrogens with one attached hydrogen (secondary N) is 1. The first-order valence-electron chi connectivity index (χ1n) is 5.07. The van der Waals surface area contributed by atoms with E-state index in [4.69, 9.17) is 11.6 Å². The lowest BCUT2D eigenvalue weighted by Crippen LogP contribution is -2.08. The van der Waals surface area contributed by atoms with Crippen LogP contribution in [-0.2, 0) is 0 Å². The second kappa shape index (κ2) is 3.75. The highest BCUT2D eigenvalue weighted by Crippen LogP contribution is 2.21. The number of aromatic nitrogens is 3. The molecule has 3 aromatic rings. The summed E-state index contributed by atoms with van der Waals surface area (Å²) in [6, 6.07) is 11.2. The molecule has 0 bridgehead atoms. The van der Waals surface area contributed by atoms with Gasteiger partial charge in [0.1, 0.15) is 0 Å². The van der Waals surface area contributed by atoms with Gasteiger partial charge in [-0.3, -0.25) is 0 Å².